The van der Waals surface area contributed by atoms with Gasteiger partial charge in [-0.1, -0.05) is 72.8 Å². The zero-order valence-corrected chi connectivity index (χ0v) is 25.5. The minimum atomic E-state index is -1.15. The number of para-hydroxylation sites is 1. The third kappa shape index (κ3) is 4.31. The highest BCUT2D eigenvalue weighted by atomic mass is 16.3. The smallest absolute Gasteiger partial charge is 0.263 e. The van der Waals surface area contributed by atoms with Crippen LogP contribution in [-0.2, 0) is 0 Å². The number of carbonyl (C=O) groups excluding carboxylic acids is 1. The predicted octanol–water partition coefficient (Wildman–Crippen LogP) is 8.02. The summed E-state index contributed by atoms with van der Waals surface area (Å²) < 4.78 is 2.12. The van der Waals surface area contributed by atoms with Gasteiger partial charge in [-0.05, 0) is 53.1 Å². The van der Waals surface area contributed by atoms with Crippen LogP contribution in [0, 0.1) is 0 Å². The number of amides is 1. The molecule has 8 nitrogen and oxygen atoms in total. The van der Waals surface area contributed by atoms with Gasteiger partial charge in [0.05, 0.1) is 28.0 Å². The first-order chi connectivity index (χ1) is 23.7. The highest BCUT2D eigenvalue weighted by molar-refractivity contribution is 6.17. The van der Waals surface area contributed by atoms with Crippen LogP contribution in [0.15, 0.2) is 147 Å². The molecule has 0 saturated heterocycles. The van der Waals surface area contributed by atoms with Crippen LogP contribution in [0.5, 0.6) is 0 Å². The van der Waals surface area contributed by atoms with Crippen LogP contribution >= 0.6 is 0 Å². The monoisotopic (exact) mass is 622 g/mol. The molecule has 0 saturated carbocycles. The number of hydrogen-bond donors (Lipinski definition) is 1. The van der Waals surface area contributed by atoms with Crippen LogP contribution in [0.1, 0.15) is 22.1 Å². The molecule has 0 aliphatic carbocycles. The highest BCUT2D eigenvalue weighted by Crippen LogP contribution is 2.44. The van der Waals surface area contributed by atoms with Gasteiger partial charge in [0.25, 0.3) is 5.91 Å². The lowest BCUT2D eigenvalue weighted by molar-refractivity contribution is 0.0935. The maximum Gasteiger partial charge on any atom is 0.263 e. The largest absolute Gasteiger partial charge is 0.369 e. The van der Waals surface area contributed by atoms with Crippen molar-refractivity contribution in [1.29, 1.82) is 0 Å². The molecule has 1 aliphatic rings. The molecule has 4 heterocycles. The standard InChI is InChI=1S/C40H26N6O2/c47-39-31-10-6-12-37(38(31)40(48)46(39)34-11-5-4-9-30(34)25-7-2-1-3-8-25)45-35-15-13-26(28-19-41-23-42-20-28)17-32(35)33-18-27(14-16-36(33)45)29-21-43-24-44-22-29/h1-24,39,47H. The average molecular weight is 623 g/mol. The molecule has 1 N–H and O–H groups in total. The van der Waals surface area contributed by atoms with Crippen LogP contribution in [0.25, 0.3) is 60.9 Å². The van der Waals surface area contributed by atoms with Gasteiger partial charge in [-0.25, -0.2) is 19.9 Å². The maximum atomic E-state index is 14.6. The molecule has 1 aliphatic heterocycles. The molecule has 5 aromatic carbocycles. The van der Waals surface area contributed by atoms with Crippen LogP contribution in [0.2, 0.25) is 0 Å². The summed E-state index contributed by atoms with van der Waals surface area (Å²) in [7, 11) is 0. The van der Waals surface area contributed by atoms with Crippen molar-refractivity contribution in [3.05, 3.63) is 158 Å². The molecule has 8 heteroatoms. The second-order valence-corrected chi connectivity index (χ2v) is 11.7. The summed E-state index contributed by atoms with van der Waals surface area (Å²) in [4.78, 5) is 33.0. The number of carbonyl (C=O) groups is 1. The Morgan fingerprint density at radius 3 is 1.73 bits per heavy atom. The third-order valence-corrected chi connectivity index (χ3v) is 9.07. The van der Waals surface area contributed by atoms with Crippen LogP contribution in [0.4, 0.5) is 5.69 Å². The Hall–Kier alpha value is -6.51. The molecule has 0 bridgehead atoms. The van der Waals surface area contributed by atoms with E-state index in [0.29, 0.717) is 22.5 Å². The molecule has 1 amide bonds. The summed E-state index contributed by atoms with van der Waals surface area (Å²) in [5.74, 6) is -0.261. The molecule has 0 fully saturated rings. The van der Waals surface area contributed by atoms with Gasteiger partial charge in [0, 0.05) is 57.8 Å². The highest BCUT2D eigenvalue weighted by Gasteiger charge is 2.40. The van der Waals surface area contributed by atoms with Crippen molar-refractivity contribution >= 4 is 33.4 Å². The van der Waals surface area contributed by atoms with Crippen LogP contribution in [-0.4, -0.2) is 35.5 Å². The zero-order chi connectivity index (χ0) is 32.2. The number of anilines is 1. The van der Waals surface area contributed by atoms with Gasteiger partial charge in [0.2, 0.25) is 0 Å². The molecule has 1 atom stereocenters. The van der Waals surface area contributed by atoms with E-state index in [-0.39, 0.29) is 5.91 Å². The summed E-state index contributed by atoms with van der Waals surface area (Å²) in [5.41, 5.74) is 9.80. The van der Waals surface area contributed by atoms with E-state index >= 15 is 0 Å². The second kappa shape index (κ2) is 11.1. The number of aromatic nitrogens is 5. The fraction of sp³-hybridized carbons (Fsp3) is 0.0250. The lowest BCUT2D eigenvalue weighted by atomic mass is 10.0. The van der Waals surface area contributed by atoms with E-state index in [4.69, 9.17) is 0 Å². The maximum absolute atomic E-state index is 14.6. The van der Waals surface area contributed by atoms with E-state index in [0.717, 1.165) is 55.2 Å². The van der Waals surface area contributed by atoms with E-state index < -0.39 is 6.23 Å². The summed E-state index contributed by atoms with van der Waals surface area (Å²) in [6.07, 6.45) is 9.08. The quantitative estimate of drug-likeness (QED) is 0.209. The average Bonchev–Trinajstić information content (AvgIpc) is 3.62. The van der Waals surface area contributed by atoms with E-state index in [9.17, 15) is 9.90 Å². The van der Waals surface area contributed by atoms with Crippen molar-refractivity contribution < 1.29 is 9.90 Å². The van der Waals surface area contributed by atoms with Gasteiger partial charge >= 0.3 is 0 Å². The lowest BCUT2D eigenvalue weighted by Crippen LogP contribution is -2.28. The molecule has 8 aromatic rings. The van der Waals surface area contributed by atoms with Crippen LogP contribution < -0.4 is 4.90 Å². The van der Waals surface area contributed by atoms with E-state index in [1.54, 1.807) is 24.8 Å². The van der Waals surface area contributed by atoms with Crippen molar-refractivity contribution in [2.45, 2.75) is 6.23 Å². The Bertz CT molecular complexity index is 2400. The third-order valence-electron chi connectivity index (χ3n) is 9.07. The van der Waals surface area contributed by atoms with Crippen LogP contribution in [0.3, 0.4) is 0 Å². The van der Waals surface area contributed by atoms with Crippen molar-refractivity contribution in [2.75, 3.05) is 4.90 Å². The first-order valence-electron chi connectivity index (χ1n) is 15.6. The van der Waals surface area contributed by atoms with Crippen molar-refractivity contribution in [1.82, 2.24) is 24.5 Å². The zero-order valence-electron chi connectivity index (χ0n) is 25.5. The molecule has 0 spiro atoms. The van der Waals surface area contributed by atoms with Crippen molar-refractivity contribution in [3.8, 4) is 39.1 Å². The number of hydrogen-bond acceptors (Lipinski definition) is 6. The fourth-order valence-corrected chi connectivity index (χ4v) is 6.89. The van der Waals surface area contributed by atoms with E-state index in [1.807, 2.05) is 84.9 Å². The Morgan fingerprint density at radius 2 is 1.10 bits per heavy atom. The first kappa shape index (κ1) is 27.8. The van der Waals surface area contributed by atoms with E-state index in [1.165, 1.54) is 17.6 Å². The number of rotatable bonds is 5. The lowest BCUT2D eigenvalue weighted by Gasteiger charge is -2.24. The van der Waals surface area contributed by atoms with Gasteiger partial charge in [-0.15, -0.1) is 0 Å². The molecule has 0 radical (unpaired) electrons. The number of aliphatic hydroxyl groups excluding tert-OH is 1. The van der Waals surface area contributed by atoms with Gasteiger partial charge in [-0.2, -0.15) is 0 Å². The Labute approximate surface area is 275 Å². The van der Waals surface area contributed by atoms with Gasteiger partial charge in [0.15, 0.2) is 6.23 Å². The Morgan fingerprint density at radius 1 is 0.542 bits per heavy atom. The summed E-state index contributed by atoms with van der Waals surface area (Å²) in [5, 5.41) is 13.8. The number of nitrogens with zero attached hydrogens (tertiary/aromatic N) is 6. The van der Waals surface area contributed by atoms with Gasteiger partial charge < -0.3 is 9.67 Å². The minimum absolute atomic E-state index is 0.261. The topological polar surface area (TPSA) is 97.0 Å². The second-order valence-electron chi connectivity index (χ2n) is 11.7. The SMILES string of the molecule is O=C1c2c(cccc2-n2c3ccc(-c4cncnc4)cc3c3cc(-c4cncnc4)ccc32)C(O)N1c1ccccc1-c1ccccc1. The van der Waals surface area contributed by atoms with E-state index in [2.05, 4.69) is 48.8 Å². The summed E-state index contributed by atoms with van der Waals surface area (Å²) in [6.45, 7) is 0. The summed E-state index contributed by atoms with van der Waals surface area (Å²) >= 11 is 0. The molecular weight excluding hydrogens is 596 g/mol. The molecule has 1 unspecified atom stereocenters. The molecular formula is C40H26N6O2. The fourth-order valence-electron chi connectivity index (χ4n) is 6.89. The van der Waals surface area contributed by atoms with Gasteiger partial charge in [0.1, 0.15) is 12.7 Å². The normalized spacial score (nSPS) is 14.1. The number of fused-ring (bicyclic) bond motifs is 4. The predicted molar refractivity (Wildman–Crippen MR) is 186 cm³/mol. The molecule has 48 heavy (non-hydrogen) atoms. The Balaban J connectivity index is 1.26. The number of benzene rings is 5. The van der Waals surface area contributed by atoms with Crippen molar-refractivity contribution in [2.24, 2.45) is 0 Å². The minimum Gasteiger partial charge on any atom is -0.369 e. The number of aliphatic hydroxyl groups is 1. The molecule has 3 aromatic heterocycles. The summed E-state index contributed by atoms with van der Waals surface area (Å²) in [6, 6.07) is 35.8. The Kier molecular flexibility index (Phi) is 6.41. The molecule has 9 rings (SSSR count). The van der Waals surface area contributed by atoms with Gasteiger partial charge in [-0.3, -0.25) is 9.69 Å². The first-order valence-corrected chi connectivity index (χ1v) is 15.6. The van der Waals surface area contributed by atoms with Crippen molar-refractivity contribution in [3.63, 3.8) is 0 Å². The molecule has 228 valence electrons.